The van der Waals surface area contributed by atoms with Gasteiger partial charge in [0.1, 0.15) is 11.5 Å². The molecule has 6 rings (SSSR count). The molecule has 2 amide bonds. The minimum Gasteiger partial charge on any atom is -0.497 e. The zero-order valence-corrected chi connectivity index (χ0v) is 25.1. The number of amides is 2. The largest absolute Gasteiger partial charge is 0.497 e. The van der Waals surface area contributed by atoms with Gasteiger partial charge in [0.25, 0.3) is 0 Å². The number of fused-ring (bicyclic) bond motifs is 2. The van der Waals surface area contributed by atoms with Crippen molar-refractivity contribution >= 4 is 17.9 Å². The van der Waals surface area contributed by atoms with Crippen LogP contribution in [0.5, 0.6) is 11.5 Å². The summed E-state index contributed by atoms with van der Waals surface area (Å²) in [5.74, 6) is 1.50. The van der Waals surface area contributed by atoms with E-state index in [2.05, 4.69) is 55.1 Å². The molecule has 6 heteroatoms. The lowest BCUT2D eigenvalue weighted by Crippen LogP contribution is -2.37. The fourth-order valence-electron chi connectivity index (χ4n) is 6.43. The summed E-state index contributed by atoms with van der Waals surface area (Å²) < 4.78 is 10.9. The smallest absolute Gasteiger partial charge is 0.246 e. The van der Waals surface area contributed by atoms with Crippen molar-refractivity contribution in [2.24, 2.45) is 0 Å². The Balaban J connectivity index is 1.26. The van der Waals surface area contributed by atoms with Gasteiger partial charge in [-0.15, -0.1) is 0 Å². The third-order valence-corrected chi connectivity index (χ3v) is 8.71. The van der Waals surface area contributed by atoms with Gasteiger partial charge in [-0.25, -0.2) is 0 Å². The average Bonchev–Trinajstić information content (AvgIpc) is 3.09. The molecule has 4 aromatic carbocycles. The SMILES string of the molecule is C=CC(=O)N1Cc2cc(/C=C/C(=O)N3Cc4ccccc4[C@@H](c4cccc(OC)c4)C3)ccc2[C@H](c2cccc(OC)c2)C1. The Morgan fingerprint density at radius 1 is 0.705 bits per heavy atom. The van der Waals surface area contributed by atoms with E-state index in [9.17, 15) is 9.59 Å². The molecule has 0 bridgehead atoms. The van der Waals surface area contributed by atoms with Gasteiger partial charge in [0.05, 0.1) is 14.2 Å². The molecule has 0 fully saturated rings. The normalized spacial score (nSPS) is 17.5. The van der Waals surface area contributed by atoms with Crippen LogP contribution in [0.15, 0.2) is 110 Å². The maximum Gasteiger partial charge on any atom is 0.246 e. The molecular weight excluding hydrogens is 548 g/mol. The van der Waals surface area contributed by atoms with Crippen LogP contribution in [-0.4, -0.2) is 48.9 Å². The summed E-state index contributed by atoms with van der Waals surface area (Å²) in [6.45, 7) is 5.89. The van der Waals surface area contributed by atoms with Gasteiger partial charge >= 0.3 is 0 Å². The van der Waals surface area contributed by atoms with Crippen molar-refractivity contribution in [2.75, 3.05) is 27.3 Å². The molecule has 6 nitrogen and oxygen atoms in total. The second kappa shape index (κ2) is 12.6. The number of carbonyl (C=O) groups is 2. The standard InChI is InChI=1S/C38H36N2O4/c1-4-37(41)39-23-30-19-26(15-17-34(30)36(24-39)28-11-8-13-32(21-28)44-3)16-18-38(42)40-22-29-9-5-6-14-33(29)35(25-40)27-10-7-12-31(20-27)43-2/h4-21,35-36H,1,22-25H2,2-3H3/b18-16+/t35-,36+/m1/s1. The predicted molar refractivity (Wildman–Crippen MR) is 173 cm³/mol. The highest BCUT2D eigenvalue weighted by Gasteiger charge is 2.30. The fraction of sp³-hybridized carbons (Fsp3) is 0.211. The highest BCUT2D eigenvalue weighted by molar-refractivity contribution is 5.92. The minimum atomic E-state index is -0.101. The number of hydrogen-bond donors (Lipinski definition) is 0. The molecule has 0 aliphatic carbocycles. The van der Waals surface area contributed by atoms with E-state index in [-0.39, 0.29) is 23.7 Å². The molecule has 2 atom stereocenters. The molecule has 4 aromatic rings. The first-order valence-electron chi connectivity index (χ1n) is 14.8. The molecule has 0 spiro atoms. The lowest BCUT2D eigenvalue weighted by atomic mass is 9.83. The van der Waals surface area contributed by atoms with Gasteiger partial charge < -0.3 is 19.3 Å². The van der Waals surface area contributed by atoms with Gasteiger partial charge in [-0.1, -0.05) is 67.2 Å². The van der Waals surface area contributed by atoms with Gasteiger partial charge in [-0.2, -0.15) is 0 Å². The summed E-state index contributed by atoms with van der Waals surface area (Å²) in [6, 6.07) is 30.7. The molecule has 0 saturated carbocycles. The summed E-state index contributed by atoms with van der Waals surface area (Å²) in [4.78, 5) is 30.0. The van der Waals surface area contributed by atoms with Crippen LogP contribution in [0, 0.1) is 0 Å². The van der Waals surface area contributed by atoms with E-state index in [1.165, 1.54) is 17.2 Å². The maximum atomic E-state index is 13.6. The summed E-state index contributed by atoms with van der Waals surface area (Å²) in [5, 5.41) is 0. The zero-order valence-electron chi connectivity index (χ0n) is 25.1. The number of carbonyl (C=O) groups excluding carboxylic acids is 2. The average molecular weight is 585 g/mol. The molecule has 2 aliphatic rings. The van der Waals surface area contributed by atoms with Crippen LogP contribution in [0.4, 0.5) is 0 Å². The molecular formula is C38H36N2O4. The van der Waals surface area contributed by atoms with Gasteiger partial charge in [-0.3, -0.25) is 9.59 Å². The summed E-state index contributed by atoms with van der Waals surface area (Å²) in [5.41, 5.74) is 7.74. The molecule has 2 aliphatic heterocycles. The van der Waals surface area contributed by atoms with Crippen LogP contribution >= 0.6 is 0 Å². The third-order valence-electron chi connectivity index (χ3n) is 8.71. The molecule has 222 valence electrons. The number of ether oxygens (including phenoxy) is 2. The Morgan fingerprint density at radius 2 is 1.30 bits per heavy atom. The first kappa shape index (κ1) is 29.0. The maximum absolute atomic E-state index is 13.6. The van der Waals surface area contributed by atoms with Gasteiger partial charge in [0, 0.05) is 44.1 Å². The van der Waals surface area contributed by atoms with E-state index in [1.54, 1.807) is 20.3 Å². The highest BCUT2D eigenvalue weighted by atomic mass is 16.5. The van der Waals surface area contributed by atoms with E-state index in [0.29, 0.717) is 26.2 Å². The molecule has 2 heterocycles. The van der Waals surface area contributed by atoms with Crippen molar-refractivity contribution in [1.29, 1.82) is 0 Å². The number of benzene rings is 4. The van der Waals surface area contributed by atoms with Crippen LogP contribution in [0.3, 0.4) is 0 Å². The Labute approximate surface area is 258 Å². The lowest BCUT2D eigenvalue weighted by molar-refractivity contribution is -0.127. The zero-order chi connectivity index (χ0) is 30.6. The third kappa shape index (κ3) is 5.88. The Hall–Kier alpha value is -5.10. The topological polar surface area (TPSA) is 59.1 Å². The first-order chi connectivity index (χ1) is 21.5. The molecule has 0 N–H and O–H groups in total. The summed E-state index contributed by atoms with van der Waals surface area (Å²) in [7, 11) is 3.33. The monoisotopic (exact) mass is 584 g/mol. The number of methoxy groups -OCH3 is 2. The van der Waals surface area contributed by atoms with Crippen molar-refractivity contribution in [3.8, 4) is 11.5 Å². The fourth-order valence-corrected chi connectivity index (χ4v) is 6.43. The molecule has 0 radical (unpaired) electrons. The van der Waals surface area contributed by atoms with Crippen LogP contribution in [-0.2, 0) is 22.7 Å². The quantitative estimate of drug-likeness (QED) is 0.231. The number of nitrogens with zero attached hydrogens (tertiary/aromatic N) is 2. The predicted octanol–water partition coefficient (Wildman–Crippen LogP) is 6.55. The number of hydrogen-bond acceptors (Lipinski definition) is 4. The lowest BCUT2D eigenvalue weighted by Gasteiger charge is -2.35. The van der Waals surface area contributed by atoms with Crippen LogP contribution < -0.4 is 9.47 Å². The number of rotatable bonds is 7. The highest BCUT2D eigenvalue weighted by Crippen LogP contribution is 2.37. The van der Waals surface area contributed by atoms with Gasteiger partial charge in [0.15, 0.2) is 0 Å². The van der Waals surface area contributed by atoms with Crippen molar-refractivity contribution in [1.82, 2.24) is 9.80 Å². The van der Waals surface area contributed by atoms with E-state index < -0.39 is 0 Å². The second-order valence-corrected chi connectivity index (χ2v) is 11.3. The summed E-state index contributed by atoms with van der Waals surface area (Å²) in [6.07, 6.45) is 4.90. The minimum absolute atomic E-state index is 0.000580. The molecule has 0 aromatic heterocycles. The Bertz CT molecular complexity index is 1740. The van der Waals surface area contributed by atoms with Crippen molar-refractivity contribution < 1.29 is 19.1 Å². The van der Waals surface area contributed by atoms with Crippen molar-refractivity contribution in [3.05, 3.63) is 149 Å². The first-order valence-corrected chi connectivity index (χ1v) is 14.8. The summed E-state index contributed by atoms with van der Waals surface area (Å²) >= 11 is 0. The van der Waals surface area contributed by atoms with E-state index in [1.807, 2.05) is 58.3 Å². The molecule has 44 heavy (non-hydrogen) atoms. The van der Waals surface area contributed by atoms with Gasteiger partial charge in [-0.05, 0) is 81.4 Å². The van der Waals surface area contributed by atoms with E-state index >= 15 is 0 Å². The van der Waals surface area contributed by atoms with E-state index in [4.69, 9.17) is 9.47 Å². The van der Waals surface area contributed by atoms with Crippen molar-refractivity contribution in [2.45, 2.75) is 24.9 Å². The molecule has 0 unspecified atom stereocenters. The van der Waals surface area contributed by atoms with Crippen LogP contribution in [0.2, 0.25) is 0 Å². The molecule has 0 saturated heterocycles. The Morgan fingerprint density at radius 3 is 1.93 bits per heavy atom. The van der Waals surface area contributed by atoms with Gasteiger partial charge in [0.2, 0.25) is 11.8 Å². The van der Waals surface area contributed by atoms with Crippen LogP contribution in [0.25, 0.3) is 6.08 Å². The second-order valence-electron chi connectivity index (χ2n) is 11.3. The van der Waals surface area contributed by atoms with Crippen LogP contribution in [0.1, 0.15) is 50.8 Å². The Kier molecular flexibility index (Phi) is 8.33. The van der Waals surface area contributed by atoms with Crippen molar-refractivity contribution in [3.63, 3.8) is 0 Å². The van der Waals surface area contributed by atoms with E-state index in [0.717, 1.165) is 39.3 Å².